The molecule has 0 radical (unpaired) electrons. The van der Waals surface area contributed by atoms with Gasteiger partial charge >= 0.3 is 0 Å². The fourth-order valence-electron chi connectivity index (χ4n) is 2.76. The van der Waals surface area contributed by atoms with E-state index in [1.807, 2.05) is 0 Å². The van der Waals surface area contributed by atoms with Crippen LogP contribution in [0, 0.1) is 0 Å². The number of hydrogen-bond donors (Lipinski definition) is 0. The Morgan fingerprint density at radius 1 is 1.39 bits per heavy atom. The third-order valence-corrected chi connectivity index (χ3v) is 3.95. The van der Waals surface area contributed by atoms with Gasteiger partial charge in [0.25, 0.3) is 0 Å². The van der Waals surface area contributed by atoms with Gasteiger partial charge in [-0.15, -0.1) is 0 Å². The van der Waals surface area contributed by atoms with Gasteiger partial charge in [-0.2, -0.15) is 0 Å². The maximum Gasteiger partial charge on any atom is 0.120 e. The lowest BCUT2D eigenvalue weighted by Crippen LogP contribution is -2.11. The molecule has 0 N–H and O–H groups in total. The Morgan fingerprint density at radius 2 is 2.17 bits per heavy atom. The minimum absolute atomic E-state index is 0.315. The van der Waals surface area contributed by atoms with E-state index in [0.29, 0.717) is 11.8 Å². The molecule has 0 amide bonds. The quantitative estimate of drug-likeness (QED) is 0.720. The lowest BCUT2D eigenvalue weighted by atomic mass is 9.86. The highest BCUT2D eigenvalue weighted by Gasteiger charge is 2.29. The average molecular weight is 242 g/mol. The summed E-state index contributed by atoms with van der Waals surface area (Å²) in [7, 11) is 0. The molecule has 0 heterocycles. The van der Waals surface area contributed by atoms with Crippen molar-refractivity contribution in [3.05, 3.63) is 40.5 Å². The van der Waals surface area contributed by atoms with Crippen molar-refractivity contribution in [3.63, 3.8) is 0 Å². The molecule has 1 aromatic rings. The van der Waals surface area contributed by atoms with Gasteiger partial charge in [0.1, 0.15) is 6.29 Å². The second-order valence-electron chi connectivity index (χ2n) is 6.00. The van der Waals surface area contributed by atoms with Crippen LogP contribution in [0.15, 0.2) is 23.8 Å². The van der Waals surface area contributed by atoms with Gasteiger partial charge in [0.05, 0.1) is 0 Å². The van der Waals surface area contributed by atoms with Crippen molar-refractivity contribution in [2.75, 3.05) is 0 Å². The van der Waals surface area contributed by atoms with Crippen molar-refractivity contribution in [2.24, 2.45) is 0 Å². The third-order valence-electron chi connectivity index (χ3n) is 3.95. The Labute approximate surface area is 110 Å². The molecule has 0 saturated carbocycles. The average Bonchev–Trinajstić information content (AvgIpc) is 2.63. The van der Waals surface area contributed by atoms with Crippen molar-refractivity contribution in [1.82, 2.24) is 0 Å². The van der Waals surface area contributed by atoms with Crippen LogP contribution >= 0.6 is 0 Å². The topological polar surface area (TPSA) is 17.1 Å². The van der Waals surface area contributed by atoms with Crippen molar-refractivity contribution in [1.29, 1.82) is 0 Å². The smallest absolute Gasteiger partial charge is 0.120 e. The van der Waals surface area contributed by atoms with E-state index in [-0.39, 0.29) is 0 Å². The Kier molecular flexibility index (Phi) is 3.70. The summed E-state index contributed by atoms with van der Waals surface area (Å²) in [6.45, 7) is 6.75. The number of rotatable bonds is 4. The highest BCUT2D eigenvalue weighted by Crippen LogP contribution is 2.38. The van der Waals surface area contributed by atoms with Gasteiger partial charge in [0.15, 0.2) is 0 Å². The van der Waals surface area contributed by atoms with E-state index in [1.165, 1.54) is 35.1 Å². The fraction of sp³-hybridized carbons (Fsp3) is 0.471. The van der Waals surface area contributed by atoms with Crippen LogP contribution in [0.2, 0.25) is 0 Å². The summed E-state index contributed by atoms with van der Waals surface area (Å²) in [4.78, 5) is 10.4. The zero-order valence-electron chi connectivity index (χ0n) is 11.6. The molecule has 1 aromatic carbocycles. The van der Waals surface area contributed by atoms with Crippen LogP contribution in [0.3, 0.4) is 0 Å². The molecule has 1 nitrogen and oxygen atoms in total. The number of allylic oxidation sites excluding steroid dienone is 1. The molecule has 0 atom stereocenters. The second-order valence-corrected chi connectivity index (χ2v) is 6.00. The summed E-state index contributed by atoms with van der Waals surface area (Å²) in [5, 5.41) is 0. The number of aldehydes is 1. The van der Waals surface area contributed by atoms with Gasteiger partial charge in [0.2, 0.25) is 0 Å². The van der Waals surface area contributed by atoms with Gasteiger partial charge in [0, 0.05) is 6.42 Å². The van der Waals surface area contributed by atoms with Gasteiger partial charge in [-0.25, -0.2) is 0 Å². The molecular weight excluding hydrogens is 220 g/mol. The first-order valence-electron chi connectivity index (χ1n) is 6.77. The molecule has 1 aliphatic carbocycles. The molecule has 18 heavy (non-hydrogen) atoms. The molecule has 0 fully saturated rings. The molecule has 0 spiro atoms. The lowest BCUT2D eigenvalue weighted by molar-refractivity contribution is -0.107. The summed E-state index contributed by atoms with van der Waals surface area (Å²) in [5.41, 5.74) is 5.86. The number of hydrogen-bond acceptors (Lipinski definition) is 1. The zero-order valence-corrected chi connectivity index (χ0v) is 11.6. The maximum absolute atomic E-state index is 10.4. The standard InChI is InChI=1S/C17H22O/c1-13(5-4-10-18)11-14-6-7-15-8-9-17(2,3)16(15)12-14/h6-7,10-12H,4-5,8-9H2,1-3H3/b13-11+. The first-order valence-corrected chi connectivity index (χ1v) is 6.77. The van der Waals surface area contributed by atoms with Crippen molar-refractivity contribution in [2.45, 2.75) is 51.9 Å². The Hall–Kier alpha value is -1.37. The van der Waals surface area contributed by atoms with Crippen molar-refractivity contribution < 1.29 is 4.79 Å². The van der Waals surface area contributed by atoms with E-state index in [2.05, 4.69) is 45.0 Å². The van der Waals surface area contributed by atoms with E-state index in [4.69, 9.17) is 0 Å². The Morgan fingerprint density at radius 3 is 2.89 bits per heavy atom. The summed E-state index contributed by atoms with van der Waals surface area (Å²) < 4.78 is 0. The van der Waals surface area contributed by atoms with Gasteiger partial charge in [-0.3, -0.25) is 0 Å². The number of aryl methyl sites for hydroxylation is 1. The minimum atomic E-state index is 0.315. The summed E-state index contributed by atoms with van der Waals surface area (Å²) >= 11 is 0. The number of carbonyl (C=O) groups is 1. The molecule has 0 unspecified atom stereocenters. The van der Waals surface area contributed by atoms with Crippen LogP contribution in [-0.4, -0.2) is 6.29 Å². The van der Waals surface area contributed by atoms with Crippen LogP contribution in [0.1, 0.15) is 56.7 Å². The normalized spacial score (nSPS) is 17.6. The second kappa shape index (κ2) is 5.09. The molecule has 0 aliphatic heterocycles. The Balaban J connectivity index is 2.24. The predicted molar refractivity (Wildman–Crippen MR) is 76.7 cm³/mol. The van der Waals surface area contributed by atoms with Crippen molar-refractivity contribution >= 4 is 12.4 Å². The number of fused-ring (bicyclic) bond motifs is 1. The minimum Gasteiger partial charge on any atom is -0.303 e. The molecular formula is C17H22O. The highest BCUT2D eigenvalue weighted by molar-refractivity contribution is 5.57. The molecule has 96 valence electrons. The van der Waals surface area contributed by atoms with Gasteiger partial charge in [-0.05, 0) is 48.3 Å². The van der Waals surface area contributed by atoms with Crippen LogP contribution in [0.5, 0.6) is 0 Å². The number of benzene rings is 1. The maximum atomic E-state index is 10.4. The van der Waals surface area contributed by atoms with E-state index >= 15 is 0 Å². The van der Waals surface area contributed by atoms with E-state index in [9.17, 15) is 4.79 Å². The van der Waals surface area contributed by atoms with Crippen LogP contribution in [-0.2, 0) is 16.6 Å². The molecule has 0 bridgehead atoms. The van der Waals surface area contributed by atoms with Crippen LogP contribution in [0.4, 0.5) is 0 Å². The van der Waals surface area contributed by atoms with Crippen LogP contribution in [0.25, 0.3) is 6.08 Å². The van der Waals surface area contributed by atoms with Gasteiger partial charge in [-0.1, -0.05) is 43.7 Å². The van der Waals surface area contributed by atoms with E-state index in [0.717, 1.165) is 12.7 Å². The molecule has 0 aromatic heterocycles. The predicted octanol–water partition coefficient (Wildman–Crippen LogP) is 4.29. The van der Waals surface area contributed by atoms with E-state index < -0.39 is 0 Å². The SMILES string of the molecule is C/C(=C\c1ccc2c(c1)C(C)(C)CC2)CCC=O. The fourth-order valence-corrected chi connectivity index (χ4v) is 2.76. The lowest BCUT2D eigenvalue weighted by Gasteiger charge is -2.19. The highest BCUT2D eigenvalue weighted by atomic mass is 16.1. The Bertz CT molecular complexity index is 480. The largest absolute Gasteiger partial charge is 0.303 e. The van der Waals surface area contributed by atoms with Crippen LogP contribution < -0.4 is 0 Å². The third kappa shape index (κ3) is 2.72. The number of carbonyl (C=O) groups excluding carboxylic acids is 1. The monoisotopic (exact) mass is 242 g/mol. The molecule has 0 saturated heterocycles. The first-order chi connectivity index (χ1) is 8.53. The molecule has 2 rings (SSSR count). The summed E-state index contributed by atoms with van der Waals surface area (Å²) in [5.74, 6) is 0. The summed E-state index contributed by atoms with van der Waals surface area (Å²) in [6.07, 6.45) is 7.14. The van der Waals surface area contributed by atoms with Crippen molar-refractivity contribution in [3.8, 4) is 0 Å². The zero-order chi connectivity index (χ0) is 13.2. The summed E-state index contributed by atoms with van der Waals surface area (Å²) in [6, 6.07) is 6.79. The van der Waals surface area contributed by atoms with Gasteiger partial charge < -0.3 is 4.79 Å². The van der Waals surface area contributed by atoms with E-state index in [1.54, 1.807) is 0 Å². The first kappa shape index (κ1) is 13.1. The molecule has 1 heteroatoms. The molecule has 1 aliphatic rings.